The average molecular weight is 307 g/mol. The summed E-state index contributed by atoms with van der Waals surface area (Å²) in [5, 5.41) is 18.6. The summed E-state index contributed by atoms with van der Waals surface area (Å²) in [6.45, 7) is 1.23. The molecule has 0 aliphatic heterocycles. The number of amides is 1. The molecule has 0 unspecified atom stereocenters. The maximum atomic E-state index is 10.9. The summed E-state index contributed by atoms with van der Waals surface area (Å²) in [5.41, 5.74) is -0.00951. The zero-order valence-corrected chi connectivity index (χ0v) is 11.2. The molecule has 1 rings (SSSR count). The number of carbonyl (C=O) groups excluding carboxylic acids is 1. The number of benzene rings is 1. The van der Waals surface area contributed by atoms with Gasteiger partial charge in [0.25, 0.3) is 0 Å². The van der Waals surface area contributed by atoms with E-state index in [1.165, 1.54) is 6.92 Å². The van der Waals surface area contributed by atoms with Gasteiger partial charge < -0.3 is 5.11 Å². The Balaban J connectivity index is 0.00000121. The molecular weight excluding hydrogens is 293 g/mol. The molecule has 5 N–H and O–H groups in total. The summed E-state index contributed by atoms with van der Waals surface area (Å²) in [7, 11) is 1.00. The number of rotatable bonds is 2. The van der Waals surface area contributed by atoms with Gasteiger partial charge in [0.05, 0.1) is 0 Å². The van der Waals surface area contributed by atoms with E-state index in [0.29, 0.717) is 0 Å². The van der Waals surface area contributed by atoms with E-state index in [4.69, 9.17) is 13.3 Å². The molecular formula is C9H14AsNO6. The van der Waals surface area contributed by atoms with Gasteiger partial charge in [0.15, 0.2) is 0 Å². The monoisotopic (exact) mass is 307 g/mol. The van der Waals surface area contributed by atoms with Gasteiger partial charge in [-0.05, 0) is 0 Å². The summed E-state index contributed by atoms with van der Waals surface area (Å²) >= 11 is -4.98. The molecule has 17 heavy (non-hydrogen) atoms. The molecule has 0 atom stereocenters. The van der Waals surface area contributed by atoms with Crippen molar-refractivity contribution in [3.05, 3.63) is 18.2 Å². The van der Waals surface area contributed by atoms with Crippen LogP contribution in [-0.4, -0.2) is 45.6 Å². The topological polar surface area (TPSA) is 127 Å². The van der Waals surface area contributed by atoms with Crippen LogP contribution in [-0.2, 0) is 8.53 Å². The molecule has 0 heterocycles. The molecule has 8 heteroatoms. The zero-order chi connectivity index (χ0) is 13.6. The van der Waals surface area contributed by atoms with Crippen LogP contribution in [0.4, 0.5) is 5.69 Å². The minimum atomic E-state index is -4.98. The van der Waals surface area contributed by atoms with Crippen molar-refractivity contribution in [2.45, 2.75) is 6.92 Å². The Kier molecular flexibility index (Phi) is 5.98. The number of hydrogen-bond acceptors (Lipinski definition) is 4. The minimum absolute atomic E-state index is 0.00951. The van der Waals surface area contributed by atoms with Gasteiger partial charge in [-0.2, -0.15) is 0 Å². The number of phenols is 1. The van der Waals surface area contributed by atoms with Gasteiger partial charge in [0, 0.05) is 7.11 Å². The van der Waals surface area contributed by atoms with E-state index in [2.05, 4.69) is 5.32 Å². The van der Waals surface area contributed by atoms with Crippen LogP contribution in [0, 0.1) is 0 Å². The van der Waals surface area contributed by atoms with E-state index < -0.39 is 20.1 Å². The van der Waals surface area contributed by atoms with E-state index in [1.54, 1.807) is 0 Å². The Bertz CT molecular complexity index is 441. The predicted octanol–water partition coefficient (Wildman–Crippen LogP) is -1.48. The van der Waals surface area contributed by atoms with Crippen molar-refractivity contribution in [3.8, 4) is 5.75 Å². The first kappa shape index (κ1) is 15.7. The smallest absolute Gasteiger partial charge is 0.0319 e. The standard InChI is InChI=1S/C8H10AsNO5.CH4O/c1-5(11)10-7-4-6(9(13,14)15)2-3-8(7)12;1-2/h2-4,12H,1H3,(H,10,11)(H2,13,14,15);2H,1H3. The van der Waals surface area contributed by atoms with Crippen molar-refractivity contribution in [1.82, 2.24) is 0 Å². The van der Waals surface area contributed by atoms with E-state index in [9.17, 15) is 13.6 Å². The van der Waals surface area contributed by atoms with Crippen LogP contribution >= 0.6 is 0 Å². The van der Waals surface area contributed by atoms with Gasteiger partial charge in [-0.1, -0.05) is 0 Å². The van der Waals surface area contributed by atoms with Crippen LogP contribution in [0.3, 0.4) is 0 Å². The van der Waals surface area contributed by atoms with Gasteiger partial charge in [-0.3, -0.25) is 0 Å². The molecule has 0 fully saturated rings. The Morgan fingerprint density at radius 2 is 1.82 bits per heavy atom. The van der Waals surface area contributed by atoms with Crippen molar-refractivity contribution in [2.75, 3.05) is 12.4 Å². The molecule has 0 spiro atoms. The second kappa shape index (κ2) is 6.46. The molecule has 1 aromatic carbocycles. The summed E-state index contributed by atoms with van der Waals surface area (Å²) < 4.78 is 28.6. The third kappa shape index (κ3) is 5.05. The van der Waals surface area contributed by atoms with Crippen molar-refractivity contribution < 1.29 is 26.9 Å². The third-order valence-corrected chi connectivity index (χ3v) is 3.62. The first-order valence-electron chi connectivity index (χ1n) is 4.42. The van der Waals surface area contributed by atoms with Gasteiger partial charge in [-0.15, -0.1) is 0 Å². The van der Waals surface area contributed by atoms with E-state index in [0.717, 1.165) is 25.3 Å². The molecule has 0 bridgehead atoms. The molecule has 96 valence electrons. The first-order valence-corrected chi connectivity index (χ1v) is 7.80. The molecule has 1 aromatic rings. The SMILES string of the molecule is CC(=O)Nc1cc([As](=O)(O)O)ccc1O.CO. The maximum absolute atomic E-state index is 10.9. The molecule has 7 nitrogen and oxygen atoms in total. The van der Waals surface area contributed by atoms with Crippen LogP contribution in [0.2, 0.25) is 0 Å². The second-order valence-electron chi connectivity index (χ2n) is 2.93. The molecule has 0 aromatic heterocycles. The van der Waals surface area contributed by atoms with E-state index in [-0.39, 0.29) is 15.8 Å². The Morgan fingerprint density at radius 3 is 2.24 bits per heavy atom. The Morgan fingerprint density at radius 1 is 1.29 bits per heavy atom. The van der Waals surface area contributed by atoms with Crippen LogP contribution in [0.5, 0.6) is 5.75 Å². The number of hydrogen-bond donors (Lipinski definition) is 5. The van der Waals surface area contributed by atoms with Crippen molar-refractivity contribution >= 4 is 30.1 Å². The molecule has 0 aliphatic rings. The third-order valence-electron chi connectivity index (χ3n) is 1.63. The fourth-order valence-electron chi connectivity index (χ4n) is 0.995. The van der Waals surface area contributed by atoms with Gasteiger partial charge in [0.2, 0.25) is 0 Å². The maximum Gasteiger partial charge on any atom is 0.0319 e. The molecule has 0 saturated heterocycles. The Labute approximate surface area is 101 Å². The normalized spacial score (nSPS) is 10.2. The van der Waals surface area contributed by atoms with Crippen molar-refractivity contribution in [2.24, 2.45) is 0 Å². The number of aliphatic hydroxyl groups excluding tert-OH is 1. The summed E-state index contributed by atoms with van der Waals surface area (Å²) in [6.07, 6.45) is 0. The van der Waals surface area contributed by atoms with Gasteiger partial charge in [0.1, 0.15) is 0 Å². The molecule has 0 radical (unpaired) electrons. The summed E-state index contributed by atoms with van der Waals surface area (Å²) in [6, 6.07) is 3.32. The quantitative estimate of drug-likeness (QED) is 0.335. The number of phenolic OH excluding ortho intramolecular Hbond substituents is 1. The van der Waals surface area contributed by atoms with E-state index >= 15 is 0 Å². The largest absolute Gasteiger partial charge is 0.400 e. The van der Waals surface area contributed by atoms with Crippen LogP contribution in [0.1, 0.15) is 6.92 Å². The fourth-order valence-corrected chi connectivity index (χ4v) is 2.18. The number of aliphatic hydroxyl groups is 1. The number of anilines is 1. The molecule has 1 amide bonds. The number of nitrogens with one attached hydrogen (secondary N) is 1. The van der Waals surface area contributed by atoms with Crippen LogP contribution < -0.4 is 9.67 Å². The Hall–Kier alpha value is -1.27. The fraction of sp³-hybridized carbons (Fsp3) is 0.222. The summed E-state index contributed by atoms with van der Waals surface area (Å²) in [4.78, 5) is 10.7. The van der Waals surface area contributed by atoms with Gasteiger partial charge >= 0.3 is 88.1 Å². The predicted molar refractivity (Wildman–Crippen MR) is 61.1 cm³/mol. The number of aromatic hydroxyl groups is 1. The average Bonchev–Trinajstić information content (AvgIpc) is 2.22. The zero-order valence-electron chi connectivity index (χ0n) is 9.28. The van der Waals surface area contributed by atoms with Crippen LogP contribution in [0.15, 0.2) is 18.2 Å². The first-order chi connectivity index (χ1) is 7.80. The number of carbonyl (C=O) groups is 1. The minimum Gasteiger partial charge on any atom is -0.400 e. The molecule has 0 aliphatic carbocycles. The van der Waals surface area contributed by atoms with Gasteiger partial charge in [-0.25, -0.2) is 0 Å². The van der Waals surface area contributed by atoms with Crippen molar-refractivity contribution in [1.29, 1.82) is 0 Å². The van der Waals surface area contributed by atoms with E-state index in [1.807, 2.05) is 0 Å². The second-order valence-corrected chi connectivity index (χ2v) is 6.29. The van der Waals surface area contributed by atoms with Crippen LogP contribution in [0.25, 0.3) is 0 Å². The van der Waals surface area contributed by atoms with Crippen molar-refractivity contribution in [3.63, 3.8) is 0 Å². The molecule has 0 saturated carbocycles. The summed E-state index contributed by atoms with van der Waals surface area (Å²) in [5.74, 6) is -0.668.